The average molecular weight is 236 g/mol. The molecule has 0 aromatic carbocycles. The van der Waals surface area contributed by atoms with Gasteiger partial charge in [-0.1, -0.05) is 26.0 Å². The Kier molecular flexibility index (Phi) is 5.05. The van der Waals surface area contributed by atoms with Crippen molar-refractivity contribution in [3.8, 4) is 0 Å². The molecule has 1 fully saturated rings. The Morgan fingerprint density at radius 3 is 2.59 bits per heavy atom. The largest absolute Gasteiger partial charge is 0.314 e. The second-order valence-corrected chi connectivity index (χ2v) is 5.97. The molecule has 0 spiro atoms. The number of nitrogens with zero attached hydrogens (tertiary/aromatic N) is 1. The fourth-order valence-corrected chi connectivity index (χ4v) is 2.99. The van der Waals surface area contributed by atoms with Crippen molar-refractivity contribution in [2.75, 3.05) is 19.6 Å². The summed E-state index contributed by atoms with van der Waals surface area (Å²) in [5, 5.41) is 3.58. The Balaban J connectivity index is 1.70. The molecular formula is C15H28N2. The van der Waals surface area contributed by atoms with E-state index in [1.807, 2.05) is 0 Å². The normalized spacial score (nSPS) is 27.8. The molecule has 1 atom stereocenters. The minimum atomic E-state index is 0.634. The minimum absolute atomic E-state index is 0.634. The van der Waals surface area contributed by atoms with Gasteiger partial charge in [-0.25, -0.2) is 0 Å². The molecule has 0 bridgehead atoms. The van der Waals surface area contributed by atoms with Crippen LogP contribution < -0.4 is 5.32 Å². The van der Waals surface area contributed by atoms with Crippen LogP contribution in [0, 0.1) is 5.92 Å². The molecule has 1 heterocycles. The van der Waals surface area contributed by atoms with Gasteiger partial charge in [0.25, 0.3) is 0 Å². The number of piperidine rings is 1. The molecular weight excluding hydrogens is 208 g/mol. The van der Waals surface area contributed by atoms with Gasteiger partial charge in [0, 0.05) is 12.1 Å². The van der Waals surface area contributed by atoms with Gasteiger partial charge in [-0.15, -0.1) is 0 Å². The standard InChI is InChI=1S/C15H28N2/c1-13(2)16-12-14-8-10-17(11-9-14)15-6-4-3-5-7-15/h4,6,13-16H,3,5,7-12H2,1-2H3. The van der Waals surface area contributed by atoms with Crippen molar-refractivity contribution in [2.24, 2.45) is 5.92 Å². The third-order valence-electron chi connectivity index (χ3n) is 4.16. The van der Waals surface area contributed by atoms with Crippen LogP contribution in [0.1, 0.15) is 46.0 Å². The number of nitrogens with one attached hydrogen (secondary N) is 1. The highest BCUT2D eigenvalue weighted by Crippen LogP contribution is 2.23. The lowest BCUT2D eigenvalue weighted by molar-refractivity contribution is 0.143. The molecule has 0 amide bonds. The zero-order valence-corrected chi connectivity index (χ0v) is 11.5. The lowest BCUT2D eigenvalue weighted by Gasteiger charge is -2.37. The van der Waals surface area contributed by atoms with E-state index < -0.39 is 0 Å². The van der Waals surface area contributed by atoms with Crippen LogP contribution in [0.5, 0.6) is 0 Å². The van der Waals surface area contributed by atoms with Gasteiger partial charge in [0.2, 0.25) is 0 Å². The summed E-state index contributed by atoms with van der Waals surface area (Å²) in [6, 6.07) is 1.39. The fraction of sp³-hybridized carbons (Fsp3) is 0.867. The van der Waals surface area contributed by atoms with Crippen molar-refractivity contribution >= 4 is 0 Å². The van der Waals surface area contributed by atoms with Crippen LogP contribution in [0.2, 0.25) is 0 Å². The molecule has 0 aromatic rings. The van der Waals surface area contributed by atoms with Crippen LogP contribution in [0.15, 0.2) is 12.2 Å². The van der Waals surface area contributed by atoms with E-state index in [1.165, 1.54) is 51.7 Å². The molecule has 1 saturated heterocycles. The Morgan fingerprint density at radius 2 is 2.00 bits per heavy atom. The van der Waals surface area contributed by atoms with Crippen LogP contribution in [0.25, 0.3) is 0 Å². The van der Waals surface area contributed by atoms with E-state index in [9.17, 15) is 0 Å². The van der Waals surface area contributed by atoms with E-state index in [2.05, 4.69) is 36.2 Å². The maximum Gasteiger partial charge on any atom is 0.0278 e. The van der Waals surface area contributed by atoms with Crippen molar-refractivity contribution in [1.29, 1.82) is 0 Å². The quantitative estimate of drug-likeness (QED) is 0.755. The zero-order valence-electron chi connectivity index (χ0n) is 11.5. The van der Waals surface area contributed by atoms with Crippen molar-refractivity contribution in [3.63, 3.8) is 0 Å². The number of rotatable bonds is 4. The van der Waals surface area contributed by atoms with Gasteiger partial charge in [0.15, 0.2) is 0 Å². The lowest BCUT2D eigenvalue weighted by atomic mass is 9.93. The predicted molar refractivity (Wildman–Crippen MR) is 74.2 cm³/mol. The van der Waals surface area contributed by atoms with Crippen LogP contribution in [-0.4, -0.2) is 36.6 Å². The van der Waals surface area contributed by atoms with E-state index in [0.717, 1.165) is 12.0 Å². The van der Waals surface area contributed by atoms with E-state index in [0.29, 0.717) is 6.04 Å². The van der Waals surface area contributed by atoms with Crippen LogP contribution in [0.4, 0.5) is 0 Å². The Bertz CT molecular complexity index is 239. The molecule has 2 nitrogen and oxygen atoms in total. The Hall–Kier alpha value is -0.340. The maximum absolute atomic E-state index is 3.58. The Morgan fingerprint density at radius 1 is 1.24 bits per heavy atom. The summed E-state index contributed by atoms with van der Waals surface area (Å²) in [6.07, 6.45) is 11.6. The third kappa shape index (κ3) is 4.11. The number of allylic oxidation sites excluding steroid dienone is 1. The van der Waals surface area contributed by atoms with Gasteiger partial charge in [-0.2, -0.15) is 0 Å². The summed E-state index contributed by atoms with van der Waals surface area (Å²) in [5.41, 5.74) is 0. The van der Waals surface area contributed by atoms with Crippen LogP contribution in [0.3, 0.4) is 0 Å². The number of likely N-dealkylation sites (tertiary alicyclic amines) is 1. The molecule has 2 aliphatic rings. The number of hydrogen-bond donors (Lipinski definition) is 1. The van der Waals surface area contributed by atoms with E-state index in [-0.39, 0.29) is 0 Å². The summed E-state index contributed by atoms with van der Waals surface area (Å²) in [7, 11) is 0. The highest BCUT2D eigenvalue weighted by atomic mass is 15.2. The average Bonchev–Trinajstić information content (AvgIpc) is 2.38. The predicted octanol–water partition coefficient (Wildman–Crippen LogP) is 2.81. The van der Waals surface area contributed by atoms with Gasteiger partial charge < -0.3 is 5.32 Å². The smallest absolute Gasteiger partial charge is 0.0278 e. The molecule has 2 rings (SSSR count). The van der Waals surface area contributed by atoms with Gasteiger partial charge >= 0.3 is 0 Å². The molecule has 17 heavy (non-hydrogen) atoms. The second-order valence-electron chi connectivity index (χ2n) is 5.97. The van der Waals surface area contributed by atoms with E-state index >= 15 is 0 Å². The summed E-state index contributed by atoms with van der Waals surface area (Å²) in [6.45, 7) is 8.30. The lowest BCUT2D eigenvalue weighted by Crippen LogP contribution is -2.43. The highest BCUT2D eigenvalue weighted by Gasteiger charge is 2.24. The molecule has 1 aliphatic heterocycles. The van der Waals surface area contributed by atoms with E-state index in [1.54, 1.807) is 0 Å². The Labute approximate surface area is 106 Å². The fourth-order valence-electron chi connectivity index (χ4n) is 2.99. The zero-order chi connectivity index (χ0) is 12.1. The monoisotopic (exact) mass is 236 g/mol. The van der Waals surface area contributed by atoms with Gasteiger partial charge in [0.05, 0.1) is 0 Å². The minimum Gasteiger partial charge on any atom is -0.314 e. The summed E-state index contributed by atoms with van der Waals surface area (Å²) < 4.78 is 0. The van der Waals surface area contributed by atoms with Gasteiger partial charge in [-0.3, -0.25) is 4.90 Å². The topological polar surface area (TPSA) is 15.3 Å². The van der Waals surface area contributed by atoms with Gasteiger partial charge in [-0.05, 0) is 57.7 Å². The van der Waals surface area contributed by atoms with Crippen molar-refractivity contribution in [3.05, 3.63) is 12.2 Å². The second kappa shape index (κ2) is 6.55. The maximum atomic E-state index is 3.58. The SMILES string of the molecule is CC(C)NCC1CCN(C2C=CCCC2)CC1. The molecule has 1 N–H and O–H groups in total. The highest BCUT2D eigenvalue weighted by molar-refractivity contribution is 4.99. The molecule has 0 radical (unpaired) electrons. The van der Waals surface area contributed by atoms with Crippen molar-refractivity contribution in [1.82, 2.24) is 10.2 Å². The molecule has 2 heteroatoms. The van der Waals surface area contributed by atoms with Crippen molar-refractivity contribution < 1.29 is 0 Å². The molecule has 1 aliphatic carbocycles. The molecule has 98 valence electrons. The summed E-state index contributed by atoms with van der Waals surface area (Å²) in [5.74, 6) is 0.904. The molecule has 1 unspecified atom stereocenters. The van der Waals surface area contributed by atoms with E-state index in [4.69, 9.17) is 0 Å². The first-order valence-electron chi connectivity index (χ1n) is 7.40. The van der Waals surface area contributed by atoms with Crippen LogP contribution in [-0.2, 0) is 0 Å². The first-order valence-corrected chi connectivity index (χ1v) is 7.40. The third-order valence-corrected chi connectivity index (χ3v) is 4.16. The molecule has 0 aromatic heterocycles. The van der Waals surface area contributed by atoms with Gasteiger partial charge in [0.1, 0.15) is 0 Å². The summed E-state index contributed by atoms with van der Waals surface area (Å²) >= 11 is 0. The number of hydrogen-bond acceptors (Lipinski definition) is 2. The molecule has 0 saturated carbocycles. The van der Waals surface area contributed by atoms with Crippen LogP contribution >= 0.6 is 0 Å². The first kappa shape index (κ1) is 13.1. The first-order chi connectivity index (χ1) is 8.25. The van der Waals surface area contributed by atoms with Crippen molar-refractivity contribution in [2.45, 2.75) is 58.0 Å². The summed E-state index contributed by atoms with van der Waals surface area (Å²) in [4.78, 5) is 2.70.